The molecular weight excluding hydrogens is 355 g/mol. The van der Waals surface area contributed by atoms with Gasteiger partial charge in [-0.05, 0) is 49.9 Å². The van der Waals surface area contributed by atoms with Gasteiger partial charge in [-0.25, -0.2) is 14.2 Å². The minimum atomic E-state index is -1.31. The maximum atomic E-state index is 13.1. The summed E-state index contributed by atoms with van der Waals surface area (Å²) >= 11 is 0. The van der Waals surface area contributed by atoms with E-state index in [-0.39, 0.29) is 23.8 Å². The molecule has 6 N–H and O–H groups in total. The quantitative estimate of drug-likeness (QED) is 0.502. The van der Waals surface area contributed by atoms with Gasteiger partial charge in [-0.15, -0.1) is 0 Å². The molecule has 2 aromatic rings. The number of nitrogens with zero attached hydrogens (tertiary/aromatic N) is 3. The smallest absolute Gasteiger partial charge is 0.431 e. The normalized spacial score (nSPS) is 19.3. The second-order valence-electron chi connectivity index (χ2n) is 6.35. The van der Waals surface area contributed by atoms with Gasteiger partial charge in [-0.3, -0.25) is 5.43 Å². The van der Waals surface area contributed by atoms with Crippen molar-refractivity contribution >= 4 is 29.2 Å². The summed E-state index contributed by atoms with van der Waals surface area (Å²) in [5.74, 6) is -0.0653. The van der Waals surface area contributed by atoms with Gasteiger partial charge in [0.15, 0.2) is 5.82 Å². The lowest BCUT2D eigenvalue weighted by atomic mass is 9.93. The van der Waals surface area contributed by atoms with Crippen LogP contribution in [0, 0.1) is 5.82 Å². The minimum absolute atomic E-state index is 0.0225. The molecule has 0 saturated heterocycles. The Bertz CT molecular complexity index is 796. The van der Waals surface area contributed by atoms with Crippen LogP contribution in [-0.4, -0.2) is 38.4 Å². The highest BCUT2D eigenvalue weighted by atomic mass is 19.1. The summed E-state index contributed by atoms with van der Waals surface area (Å²) in [6.45, 7) is 0. The lowest BCUT2D eigenvalue weighted by Crippen LogP contribution is -2.36. The highest BCUT2D eigenvalue weighted by Gasteiger charge is 2.21. The van der Waals surface area contributed by atoms with E-state index in [9.17, 15) is 19.4 Å². The predicted octanol–water partition coefficient (Wildman–Crippen LogP) is 2.42. The van der Waals surface area contributed by atoms with Crippen molar-refractivity contribution in [2.24, 2.45) is 0 Å². The first-order valence-corrected chi connectivity index (χ1v) is 8.55. The molecule has 1 aromatic heterocycles. The van der Waals surface area contributed by atoms with Crippen LogP contribution < -0.4 is 21.5 Å². The van der Waals surface area contributed by atoms with E-state index >= 15 is 0 Å². The summed E-state index contributed by atoms with van der Waals surface area (Å²) in [5, 5.41) is 23.0. The van der Waals surface area contributed by atoms with Crippen LogP contribution in [0.25, 0.3) is 0 Å². The first-order valence-electron chi connectivity index (χ1n) is 8.55. The van der Waals surface area contributed by atoms with Crippen molar-refractivity contribution in [1.29, 1.82) is 0 Å². The number of carbonyl (C=O) groups is 1. The third-order valence-corrected chi connectivity index (χ3v) is 4.34. The van der Waals surface area contributed by atoms with Crippen molar-refractivity contribution < 1.29 is 19.4 Å². The number of halogens is 1. The number of aliphatic hydroxyl groups is 1. The Morgan fingerprint density at radius 3 is 2.52 bits per heavy atom. The van der Waals surface area contributed by atoms with Gasteiger partial charge in [-0.1, -0.05) is 0 Å². The molecule has 1 saturated carbocycles. The van der Waals surface area contributed by atoms with E-state index in [1.54, 1.807) is 0 Å². The monoisotopic (exact) mass is 376 g/mol. The van der Waals surface area contributed by atoms with E-state index in [1.807, 2.05) is 0 Å². The Balaban J connectivity index is 1.75. The van der Waals surface area contributed by atoms with Gasteiger partial charge in [0.2, 0.25) is 5.95 Å². The zero-order valence-corrected chi connectivity index (χ0v) is 14.5. The number of anilines is 4. The van der Waals surface area contributed by atoms with E-state index in [1.165, 1.54) is 18.3 Å². The van der Waals surface area contributed by atoms with Gasteiger partial charge in [0.1, 0.15) is 5.82 Å². The number of hydrogen-bond acceptors (Lipinski definition) is 7. The molecule has 10 heteroatoms. The number of carboxylic acid groups (broad SMARTS) is 1. The summed E-state index contributed by atoms with van der Waals surface area (Å²) in [5.41, 5.74) is 9.03. The summed E-state index contributed by atoms with van der Waals surface area (Å²) in [6, 6.07) is 5.06. The van der Waals surface area contributed by atoms with E-state index < -0.39 is 11.9 Å². The molecule has 0 bridgehead atoms. The van der Waals surface area contributed by atoms with Crippen molar-refractivity contribution in [2.45, 2.75) is 37.8 Å². The van der Waals surface area contributed by atoms with Crippen LogP contribution >= 0.6 is 0 Å². The molecule has 0 aliphatic heterocycles. The molecule has 0 spiro atoms. The number of aromatic nitrogens is 2. The fourth-order valence-corrected chi connectivity index (χ4v) is 2.89. The molecular formula is C17H21FN6O3. The number of hydrogen-bond donors (Lipinski definition) is 5. The Kier molecular flexibility index (Phi) is 5.55. The van der Waals surface area contributed by atoms with Crippen molar-refractivity contribution in [3.8, 4) is 0 Å². The zero-order valence-electron chi connectivity index (χ0n) is 14.5. The van der Waals surface area contributed by atoms with E-state index in [4.69, 9.17) is 5.73 Å². The number of rotatable bonds is 5. The molecule has 0 unspecified atom stereocenters. The van der Waals surface area contributed by atoms with Gasteiger partial charge in [0.25, 0.3) is 0 Å². The third-order valence-electron chi connectivity index (χ3n) is 4.34. The number of benzene rings is 1. The SMILES string of the molecule is Nc1cnc(NN(C(=O)O)c2ccc(F)cc2)nc1NC1CCC(O)CC1. The largest absolute Gasteiger partial charge is 0.463 e. The van der Waals surface area contributed by atoms with E-state index in [2.05, 4.69) is 20.7 Å². The first kappa shape index (κ1) is 18.6. The molecule has 144 valence electrons. The van der Waals surface area contributed by atoms with Crippen LogP contribution in [-0.2, 0) is 0 Å². The van der Waals surface area contributed by atoms with Gasteiger partial charge < -0.3 is 21.3 Å². The average molecular weight is 376 g/mol. The van der Waals surface area contributed by atoms with Crippen LogP contribution in [0.5, 0.6) is 0 Å². The van der Waals surface area contributed by atoms with Crippen LogP contribution in [0.3, 0.4) is 0 Å². The number of hydrazine groups is 1. The zero-order chi connectivity index (χ0) is 19.4. The maximum Gasteiger partial charge on any atom is 0.431 e. The summed E-state index contributed by atoms with van der Waals surface area (Å²) in [4.78, 5) is 19.8. The number of nitrogen functional groups attached to an aromatic ring is 1. The summed E-state index contributed by atoms with van der Waals surface area (Å²) in [6.07, 6.45) is 2.76. The Labute approximate surface area is 155 Å². The van der Waals surface area contributed by atoms with Crippen molar-refractivity contribution in [3.05, 3.63) is 36.3 Å². The molecule has 1 aromatic carbocycles. The van der Waals surface area contributed by atoms with Crippen molar-refractivity contribution in [3.63, 3.8) is 0 Å². The van der Waals surface area contributed by atoms with Gasteiger partial charge in [0, 0.05) is 6.04 Å². The molecule has 0 radical (unpaired) electrons. The highest BCUT2D eigenvalue weighted by Crippen LogP contribution is 2.25. The predicted molar refractivity (Wildman–Crippen MR) is 98.9 cm³/mol. The van der Waals surface area contributed by atoms with Crippen molar-refractivity contribution in [2.75, 3.05) is 21.5 Å². The molecule has 1 aliphatic carbocycles. The average Bonchev–Trinajstić information content (AvgIpc) is 2.65. The van der Waals surface area contributed by atoms with E-state index in [0.29, 0.717) is 24.3 Å². The number of amides is 1. The lowest BCUT2D eigenvalue weighted by molar-refractivity contribution is 0.126. The molecule has 0 atom stereocenters. The Morgan fingerprint density at radius 2 is 1.89 bits per heavy atom. The summed E-state index contributed by atoms with van der Waals surface area (Å²) < 4.78 is 13.1. The fraction of sp³-hybridized carbons (Fsp3) is 0.353. The Morgan fingerprint density at radius 1 is 1.22 bits per heavy atom. The van der Waals surface area contributed by atoms with Gasteiger partial charge in [0.05, 0.1) is 23.7 Å². The first-order chi connectivity index (χ1) is 12.9. The van der Waals surface area contributed by atoms with Crippen LogP contribution in [0.15, 0.2) is 30.5 Å². The van der Waals surface area contributed by atoms with Gasteiger partial charge in [-0.2, -0.15) is 9.99 Å². The van der Waals surface area contributed by atoms with Gasteiger partial charge >= 0.3 is 6.09 Å². The standard InChI is InChI=1S/C17H21FN6O3/c18-10-1-5-12(6-2-10)24(17(26)27)23-16-20-9-14(19)15(22-16)21-11-3-7-13(25)8-4-11/h1-2,5-6,9,11,13,25H,3-4,7-8,19H2,(H,26,27)(H2,20,21,22,23). The fourth-order valence-electron chi connectivity index (χ4n) is 2.89. The number of nitrogens with one attached hydrogen (secondary N) is 2. The maximum absolute atomic E-state index is 13.1. The van der Waals surface area contributed by atoms with Crippen LogP contribution in [0.4, 0.5) is 32.3 Å². The number of nitrogens with two attached hydrogens (primary N) is 1. The van der Waals surface area contributed by atoms with E-state index in [0.717, 1.165) is 30.0 Å². The number of aliphatic hydroxyl groups excluding tert-OH is 1. The Hall–Kier alpha value is -3.14. The molecule has 9 nitrogen and oxygen atoms in total. The minimum Gasteiger partial charge on any atom is -0.463 e. The van der Waals surface area contributed by atoms with Crippen LogP contribution in [0.2, 0.25) is 0 Å². The molecule has 1 aliphatic rings. The lowest BCUT2D eigenvalue weighted by Gasteiger charge is -2.27. The third kappa shape index (κ3) is 4.73. The molecule has 1 amide bonds. The molecule has 1 fully saturated rings. The molecule has 1 heterocycles. The second-order valence-corrected chi connectivity index (χ2v) is 6.35. The highest BCUT2D eigenvalue weighted by molar-refractivity contribution is 5.88. The molecule has 3 rings (SSSR count). The molecule has 27 heavy (non-hydrogen) atoms. The van der Waals surface area contributed by atoms with Crippen molar-refractivity contribution in [1.82, 2.24) is 9.97 Å². The summed E-state index contributed by atoms with van der Waals surface area (Å²) in [7, 11) is 0. The topological polar surface area (TPSA) is 137 Å². The second kappa shape index (κ2) is 8.04. The van der Waals surface area contributed by atoms with Crippen LogP contribution in [0.1, 0.15) is 25.7 Å².